The average Bonchev–Trinajstić information content (AvgIpc) is 3.33. The number of ether oxygens (including phenoxy) is 3. The molecule has 0 bridgehead atoms. The molecule has 180 valence electrons. The molecule has 0 atom stereocenters. The second-order valence-corrected chi connectivity index (χ2v) is 8.06. The maximum Gasteiger partial charge on any atom is 0.336 e. The number of aromatic nitrogens is 2. The fourth-order valence-electron chi connectivity index (χ4n) is 4.35. The molecule has 8 nitrogen and oxygen atoms in total. The fraction of sp³-hybridized carbons (Fsp3) is 0.222. The van der Waals surface area contributed by atoms with Crippen molar-refractivity contribution in [1.29, 1.82) is 0 Å². The minimum atomic E-state index is -0.759. The Hall–Kier alpha value is -4.33. The van der Waals surface area contributed by atoms with Gasteiger partial charge in [0.05, 0.1) is 49.8 Å². The van der Waals surface area contributed by atoms with Crippen LogP contribution in [0, 0.1) is 0 Å². The summed E-state index contributed by atoms with van der Waals surface area (Å²) in [7, 11) is 4.24. The molecule has 1 aliphatic heterocycles. The minimum absolute atomic E-state index is 0.320. The van der Waals surface area contributed by atoms with Gasteiger partial charge in [0.1, 0.15) is 5.75 Å². The Morgan fingerprint density at radius 1 is 0.857 bits per heavy atom. The van der Waals surface area contributed by atoms with E-state index in [4.69, 9.17) is 19.3 Å². The molecule has 8 heteroatoms. The summed E-state index contributed by atoms with van der Waals surface area (Å²) in [6, 6.07) is 17.1. The highest BCUT2D eigenvalue weighted by molar-refractivity contribution is 6.00. The Bertz CT molecular complexity index is 1280. The van der Waals surface area contributed by atoms with E-state index in [1.54, 1.807) is 25.6 Å². The van der Waals surface area contributed by atoms with Crippen LogP contribution in [0.25, 0.3) is 16.9 Å². The van der Waals surface area contributed by atoms with Crippen molar-refractivity contribution in [3.05, 3.63) is 88.9 Å². The summed E-state index contributed by atoms with van der Waals surface area (Å²) >= 11 is 0. The van der Waals surface area contributed by atoms with E-state index in [0.29, 0.717) is 39.5 Å². The molecule has 2 heterocycles. The molecule has 0 aliphatic carbocycles. The molecule has 0 unspecified atom stereocenters. The number of methoxy groups -OCH3 is 3. The van der Waals surface area contributed by atoms with Crippen LogP contribution in [-0.2, 0) is 19.1 Å². The number of hydrogen-bond acceptors (Lipinski definition) is 7. The van der Waals surface area contributed by atoms with Gasteiger partial charge >= 0.3 is 11.9 Å². The molecule has 4 rings (SSSR count). The molecule has 0 saturated carbocycles. The van der Waals surface area contributed by atoms with E-state index in [2.05, 4.69) is 5.32 Å². The number of esters is 2. The van der Waals surface area contributed by atoms with Gasteiger partial charge in [0.2, 0.25) is 0 Å². The van der Waals surface area contributed by atoms with Gasteiger partial charge in [0, 0.05) is 28.7 Å². The van der Waals surface area contributed by atoms with Gasteiger partial charge in [-0.1, -0.05) is 18.2 Å². The van der Waals surface area contributed by atoms with Gasteiger partial charge in [0.25, 0.3) is 0 Å². The fourth-order valence-corrected chi connectivity index (χ4v) is 4.35. The molecule has 0 amide bonds. The van der Waals surface area contributed by atoms with Gasteiger partial charge in [-0.15, -0.1) is 0 Å². The standard InChI is InChI=1S/C27H27N3O5/c1-16-22(26(31)34-4)24(23(17(2)28-16)27(32)35-5)21-15-30(19-9-7-6-8-10-19)29-25(21)18-11-13-20(33-3)14-12-18/h6-15,24,28H,1-5H3. The molecule has 3 aromatic rings. The highest BCUT2D eigenvalue weighted by Crippen LogP contribution is 2.43. The van der Waals surface area contributed by atoms with Crippen molar-refractivity contribution in [2.75, 3.05) is 21.3 Å². The SMILES string of the molecule is COC(=O)C1=C(C)NC(C)=C(C(=O)OC)C1c1cn(-c2ccccc2)nc1-c1ccc(OC)cc1. The lowest BCUT2D eigenvalue weighted by Gasteiger charge is -2.29. The number of benzene rings is 2. The lowest BCUT2D eigenvalue weighted by atomic mass is 9.79. The maximum absolute atomic E-state index is 13.0. The molecule has 1 aromatic heterocycles. The van der Waals surface area contributed by atoms with Crippen LogP contribution >= 0.6 is 0 Å². The summed E-state index contributed by atoms with van der Waals surface area (Å²) in [6.45, 7) is 3.57. The minimum Gasteiger partial charge on any atom is -0.497 e. The molecule has 1 N–H and O–H groups in total. The van der Waals surface area contributed by atoms with Gasteiger partial charge in [-0.3, -0.25) is 0 Å². The summed E-state index contributed by atoms with van der Waals surface area (Å²) in [6.07, 6.45) is 1.84. The molecule has 0 spiro atoms. The van der Waals surface area contributed by atoms with E-state index in [-0.39, 0.29) is 0 Å². The number of nitrogens with zero attached hydrogens (tertiary/aromatic N) is 2. The van der Waals surface area contributed by atoms with Crippen molar-refractivity contribution in [3.8, 4) is 22.7 Å². The first-order valence-corrected chi connectivity index (χ1v) is 11.0. The Balaban J connectivity index is 2.01. The number of hydrogen-bond donors (Lipinski definition) is 1. The zero-order valence-electron chi connectivity index (χ0n) is 20.3. The average molecular weight is 474 g/mol. The monoisotopic (exact) mass is 473 g/mol. The van der Waals surface area contributed by atoms with Crippen LogP contribution in [0.15, 0.2) is 83.3 Å². The van der Waals surface area contributed by atoms with E-state index >= 15 is 0 Å². The van der Waals surface area contributed by atoms with Crippen molar-refractivity contribution >= 4 is 11.9 Å². The van der Waals surface area contributed by atoms with Gasteiger partial charge in [0.15, 0.2) is 0 Å². The van der Waals surface area contributed by atoms with Crippen LogP contribution in [0.1, 0.15) is 25.3 Å². The van der Waals surface area contributed by atoms with Gasteiger partial charge < -0.3 is 19.5 Å². The second-order valence-electron chi connectivity index (χ2n) is 8.06. The number of carbonyl (C=O) groups is 2. The Kier molecular flexibility index (Phi) is 6.73. The maximum atomic E-state index is 13.0. The third-order valence-electron chi connectivity index (χ3n) is 6.01. The first-order valence-electron chi connectivity index (χ1n) is 11.0. The predicted molar refractivity (Wildman–Crippen MR) is 131 cm³/mol. The summed E-state index contributed by atoms with van der Waals surface area (Å²) in [4.78, 5) is 26.0. The smallest absolute Gasteiger partial charge is 0.336 e. The molecule has 1 aliphatic rings. The van der Waals surface area contributed by atoms with Crippen molar-refractivity contribution in [2.24, 2.45) is 0 Å². The lowest BCUT2D eigenvalue weighted by molar-refractivity contribution is -0.137. The van der Waals surface area contributed by atoms with Crippen molar-refractivity contribution < 1.29 is 23.8 Å². The highest BCUT2D eigenvalue weighted by atomic mass is 16.5. The van der Waals surface area contributed by atoms with Crippen LogP contribution in [0.2, 0.25) is 0 Å². The summed E-state index contributed by atoms with van der Waals surface area (Å²) < 4.78 is 17.3. The molecular weight excluding hydrogens is 446 g/mol. The van der Waals surface area contributed by atoms with E-state index in [1.165, 1.54) is 14.2 Å². The normalized spacial score (nSPS) is 14.0. The number of para-hydroxylation sites is 1. The largest absolute Gasteiger partial charge is 0.497 e. The third kappa shape index (κ3) is 4.42. The summed E-state index contributed by atoms with van der Waals surface area (Å²) in [5.41, 5.74) is 4.76. The Morgan fingerprint density at radius 3 is 1.94 bits per heavy atom. The van der Waals surface area contributed by atoms with Gasteiger partial charge in [-0.2, -0.15) is 5.10 Å². The summed E-state index contributed by atoms with van der Waals surface area (Å²) in [5, 5.41) is 8.01. The number of allylic oxidation sites excluding steroid dienone is 2. The quantitative estimate of drug-likeness (QED) is 0.538. The third-order valence-corrected chi connectivity index (χ3v) is 6.01. The number of dihydropyridines is 1. The Morgan fingerprint density at radius 2 is 1.43 bits per heavy atom. The lowest BCUT2D eigenvalue weighted by Crippen LogP contribution is -2.32. The van der Waals surface area contributed by atoms with E-state index in [1.807, 2.05) is 60.8 Å². The van der Waals surface area contributed by atoms with Crippen molar-refractivity contribution in [3.63, 3.8) is 0 Å². The predicted octanol–water partition coefficient (Wildman–Crippen LogP) is 4.13. The highest BCUT2D eigenvalue weighted by Gasteiger charge is 2.40. The number of rotatable bonds is 6. The van der Waals surface area contributed by atoms with Crippen molar-refractivity contribution in [2.45, 2.75) is 19.8 Å². The first kappa shape index (κ1) is 23.8. The van der Waals surface area contributed by atoms with E-state index < -0.39 is 17.9 Å². The molecule has 0 saturated heterocycles. The van der Waals surface area contributed by atoms with Crippen LogP contribution in [0.4, 0.5) is 0 Å². The number of nitrogens with one attached hydrogen (secondary N) is 1. The second kappa shape index (κ2) is 9.89. The van der Waals surface area contributed by atoms with Gasteiger partial charge in [-0.05, 0) is 50.2 Å². The molecule has 2 aromatic carbocycles. The number of carbonyl (C=O) groups excluding carboxylic acids is 2. The molecule has 0 fully saturated rings. The molecule has 0 radical (unpaired) electrons. The van der Waals surface area contributed by atoms with Crippen molar-refractivity contribution in [1.82, 2.24) is 15.1 Å². The molecule has 35 heavy (non-hydrogen) atoms. The van der Waals surface area contributed by atoms with E-state index in [0.717, 1.165) is 11.3 Å². The molecular formula is C27H27N3O5. The van der Waals surface area contributed by atoms with Crippen LogP contribution in [-0.4, -0.2) is 43.0 Å². The van der Waals surface area contributed by atoms with Crippen LogP contribution in [0.5, 0.6) is 5.75 Å². The Labute approximate surface area is 203 Å². The zero-order valence-corrected chi connectivity index (χ0v) is 20.3. The van der Waals surface area contributed by atoms with Gasteiger partial charge in [-0.25, -0.2) is 14.3 Å². The van der Waals surface area contributed by atoms with E-state index in [9.17, 15) is 9.59 Å². The van der Waals surface area contributed by atoms with Crippen LogP contribution in [0.3, 0.4) is 0 Å². The topological polar surface area (TPSA) is 91.7 Å². The first-order chi connectivity index (χ1) is 16.9. The summed E-state index contributed by atoms with van der Waals surface area (Å²) in [5.74, 6) is -1.13. The zero-order chi connectivity index (χ0) is 25.1. The van der Waals surface area contributed by atoms with Crippen LogP contribution < -0.4 is 10.1 Å².